The number of hydrogen-bond donors (Lipinski definition) is 1. The zero-order valence-corrected chi connectivity index (χ0v) is 21.3. The quantitative estimate of drug-likeness (QED) is 0.393. The summed E-state index contributed by atoms with van der Waals surface area (Å²) in [6.45, 7) is 2.61. The third-order valence-corrected chi connectivity index (χ3v) is 8.06. The lowest BCUT2D eigenvalue weighted by Crippen LogP contribution is -2.64. The lowest BCUT2D eigenvalue weighted by molar-refractivity contribution is -0.134. The number of fused-ring (bicyclic) bond motifs is 3. The molecule has 1 fully saturated rings. The summed E-state index contributed by atoms with van der Waals surface area (Å²) in [5.41, 5.74) is 2.27. The van der Waals surface area contributed by atoms with Crippen molar-refractivity contribution in [2.75, 3.05) is 0 Å². The van der Waals surface area contributed by atoms with E-state index in [4.69, 9.17) is 0 Å². The minimum atomic E-state index is -1.05. The summed E-state index contributed by atoms with van der Waals surface area (Å²) in [5, 5.41) is 4.35. The number of amides is 2. The third kappa shape index (κ3) is 4.12. The molecule has 0 spiro atoms. The maximum atomic E-state index is 14.5. The lowest BCUT2D eigenvalue weighted by Gasteiger charge is -2.45. The van der Waals surface area contributed by atoms with E-state index < -0.39 is 5.54 Å². The van der Waals surface area contributed by atoms with Crippen molar-refractivity contribution in [3.8, 4) is 5.69 Å². The summed E-state index contributed by atoms with van der Waals surface area (Å²) in [6, 6.07) is 16.0. The number of benzene rings is 1. The van der Waals surface area contributed by atoms with E-state index in [-0.39, 0.29) is 17.9 Å². The summed E-state index contributed by atoms with van der Waals surface area (Å²) in [5.74, 6) is -0.226. The molecule has 2 aliphatic rings. The standard InChI is InChI=1S/C30H33N5O2/c1-30(29(37)32-23-12-4-2-3-5-13-23)21-34-25-15-7-6-14-24(25)26(33-17-8-9-18-33)27(34)28(36)35(30)20-22-11-10-16-31-19-22/h6-11,14-19,23H,2-5,12-13,20-21H2,1H3,(H,32,37)/t30-/m1/s1. The zero-order valence-electron chi connectivity index (χ0n) is 21.3. The van der Waals surface area contributed by atoms with Crippen LogP contribution in [-0.4, -0.2) is 42.4 Å². The fourth-order valence-electron chi connectivity index (χ4n) is 6.04. The topological polar surface area (TPSA) is 72.2 Å². The minimum absolute atomic E-state index is 0.0809. The van der Waals surface area contributed by atoms with Gasteiger partial charge in [0.1, 0.15) is 11.2 Å². The van der Waals surface area contributed by atoms with Gasteiger partial charge in [-0.1, -0.05) is 49.9 Å². The summed E-state index contributed by atoms with van der Waals surface area (Å²) in [6.07, 6.45) is 14.1. The normalized spacial score (nSPS) is 20.6. The molecule has 190 valence electrons. The Morgan fingerprint density at radius 1 is 1.03 bits per heavy atom. The molecule has 0 saturated heterocycles. The summed E-state index contributed by atoms with van der Waals surface area (Å²) in [7, 11) is 0. The van der Waals surface area contributed by atoms with Crippen LogP contribution in [0.5, 0.6) is 0 Å². The molecular weight excluding hydrogens is 462 g/mol. The molecule has 0 bridgehead atoms. The SMILES string of the molecule is C[C@]1(C(=O)NC2CCCCCC2)Cn2c(c(-n3cccc3)c3ccccc32)C(=O)N1Cc1cccnc1. The Kier molecular flexibility index (Phi) is 6.07. The Morgan fingerprint density at radius 2 is 1.78 bits per heavy atom. The van der Waals surface area contributed by atoms with Crippen molar-refractivity contribution >= 4 is 22.7 Å². The molecule has 1 aromatic carbocycles. The highest BCUT2D eigenvalue weighted by atomic mass is 16.2. The highest BCUT2D eigenvalue weighted by molar-refractivity contribution is 6.08. The third-order valence-electron chi connectivity index (χ3n) is 8.06. The van der Waals surface area contributed by atoms with Gasteiger partial charge in [-0.15, -0.1) is 0 Å². The van der Waals surface area contributed by atoms with Gasteiger partial charge in [0.15, 0.2) is 0 Å². The molecule has 1 saturated carbocycles. The highest BCUT2D eigenvalue weighted by Gasteiger charge is 2.49. The number of carbonyl (C=O) groups is 2. The Labute approximate surface area is 217 Å². The molecule has 6 rings (SSSR count). The Hall–Kier alpha value is -3.87. The molecule has 4 aromatic rings. The van der Waals surface area contributed by atoms with Crippen molar-refractivity contribution in [2.24, 2.45) is 0 Å². The van der Waals surface area contributed by atoms with Gasteiger partial charge in [-0.2, -0.15) is 0 Å². The average Bonchev–Trinajstić information content (AvgIpc) is 3.47. The lowest BCUT2D eigenvalue weighted by atomic mass is 9.93. The van der Waals surface area contributed by atoms with Crippen LogP contribution in [-0.2, 0) is 17.9 Å². The largest absolute Gasteiger partial charge is 0.351 e. The second-order valence-corrected chi connectivity index (χ2v) is 10.6. The van der Waals surface area contributed by atoms with Crippen LogP contribution in [0.25, 0.3) is 16.6 Å². The van der Waals surface area contributed by atoms with Gasteiger partial charge in [0, 0.05) is 42.8 Å². The van der Waals surface area contributed by atoms with E-state index in [0.717, 1.165) is 47.8 Å². The first-order valence-electron chi connectivity index (χ1n) is 13.3. The molecular formula is C30H33N5O2. The number of pyridine rings is 1. The van der Waals surface area contributed by atoms with Crippen molar-refractivity contribution < 1.29 is 9.59 Å². The van der Waals surface area contributed by atoms with Crippen molar-refractivity contribution in [3.63, 3.8) is 0 Å². The maximum absolute atomic E-state index is 14.5. The van der Waals surface area contributed by atoms with Gasteiger partial charge in [-0.05, 0) is 49.6 Å². The minimum Gasteiger partial charge on any atom is -0.351 e. The first-order chi connectivity index (χ1) is 18.1. The fourth-order valence-corrected chi connectivity index (χ4v) is 6.04. The molecule has 3 aromatic heterocycles. The number of nitrogens with one attached hydrogen (secondary N) is 1. The zero-order chi connectivity index (χ0) is 25.4. The summed E-state index contributed by atoms with van der Waals surface area (Å²) >= 11 is 0. The molecule has 1 aliphatic heterocycles. The predicted molar refractivity (Wildman–Crippen MR) is 143 cm³/mol. The van der Waals surface area contributed by atoms with E-state index in [9.17, 15) is 9.59 Å². The second kappa shape index (κ2) is 9.54. The second-order valence-electron chi connectivity index (χ2n) is 10.6. The number of aromatic nitrogens is 3. The predicted octanol–water partition coefficient (Wildman–Crippen LogP) is 5.08. The first-order valence-corrected chi connectivity index (χ1v) is 13.3. The van der Waals surface area contributed by atoms with Crippen LogP contribution in [0.2, 0.25) is 0 Å². The Balaban J connectivity index is 1.48. The molecule has 1 aliphatic carbocycles. The van der Waals surface area contributed by atoms with Gasteiger partial charge < -0.3 is 19.4 Å². The van der Waals surface area contributed by atoms with Gasteiger partial charge in [0.2, 0.25) is 5.91 Å². The van der Waals surface area contributed by atoms with Crippen molar-refractivity contribution in [3.05, 3.63) is 84.6 Å². The molecule has 4 heterocycles. The Bertz CT molecular complexity index is 1420. The first kappa shape index (κ1) is 23.5. The van der Waals surface area contributed by atoms with E-state index >= 15 is 0 Å². The summed E-state index contributed by atoms with van der Waals surface area (Å²) < 4.78 is 4.06. The van der Waals surface area contributed by atoms with Crippen molar-refractivity contribution in [1.29, 1.82) is 0 Å². The van der Waals surface area contributed by atoms with E-state index in [2.05, 4.69) is 20.9 Å². The number of para-hydroxylation sites is 1. The molecule has 0 radical (unpaired) electrons. The summed E-state index contributed by atoms with van der Waals surface area (Å²) in [4.78, 5) is 34.6. The highest BCUT2D eigenvalue weighted by Crippen LogP contribution is 2.38. The smallest absolute Gasteiger partial charge is 0.273 e. The van der Waals surface area contributed by atoms with Gasteiger partial charge in [0.05, 0.1) is 17.7 Å². The van der Waals surface area contributed by atoms with Crippen LogP contribution in [0.1, 0.15) is 61.5 Å². The maximum Gasteiger partial charge on any atom is 0.273 e. The molecule has 7 heteroatoms. The molecule has 7 nitrogen and oxygen atoms in total. The van der Waals surface area contributed by atoms with Crippen molar-refractivity contribution in [1.82, 2.24) is 24.3 Å². The van der Waals surface area contributed by atoms with E-state index in [1.165, 1.54) is 12.8 Å². The molecule has 37 heavy (non-hydrogen) atoms. The van der Waals surface area contributed by atoms with Crippen LogP contribution in [0.3, 0.4) is 0 Å². The van der Waals surface area contributed by atoms with Gasteiger partial charge in [0.25, 0.3) is 5.91 Å². The van der Waals surface area contributed by atoms with E-state index in [1.54, 1.807) is 17.3 Å². The number of nitrogens with zero attached hydrogens (tertiary/aromatic N) is 4. The Morgan fingerprint density at radius 3 is 2.51 bits per heavy atom. The van der Waals surface area contributed by atoms with E-state index in [0.29, 0.717) is 18.8 Å². The average molecular weight is 496 g/mol. The van der Waals surface area contributed by atoms with Crippen LogP contribution in [0.4, 0.5) is 0 Å². The van der Waals surface area contributed by atoms with E-state index in [1.807, 2.05) is 66.3 Å². The molecule has 0 unspecified atom stereocenters. The van der Waals surface area contributed by atoms with Crippen LogP contribution < -0.4 is 5.32 Å². The number of carbonyl (C=O) groups excluding carboxylic acids is 2. The fraction of sp³-hybridized carbons (Fsp3) is 0.367. The van der Waals surface area contributed by atoms with Crippen molar-refractivity contribution in [2.45, 2.75) is 70.1 Å². The molecule has 1 atom stereocenters. The van der Waals surface area contributed by atoms with Crippen LogP contribution >= 0.6 is 0 Å². The number of rotatable bonds is 5. The molecule has 1 N–H and O–H groups in total. The van der Waals surface area contributed by atoms with Crippen LogP contribution in [0.15, 0.2) is 73.3 Å². The monoisotopic (exact) mass is 495 g/mol. The van der Waals surface area contributed by atoms with Gasteiger partial charge in [-0.25, -0.2) is 0 Å². The van der Waals surface area contributed by atoms with Gasteiger partial charge in [-0.3, -0.25) is 14.6 Å². The molecule has 2 amide bonds. The number of hydrogen-bond acceptors (Lipinski definition) is 3. The van der Waals surface area contributed by atoms with Gasteiger partial charge >= 0.3 is 0 Å². The van der Waals surface area contributed by atoms with Crippen LogP contribution in [0, 0.1) is 0 Å².